The minimum atomic E-state index is -0.518. The van der Waals surface area contributed by atoms with Crippen LogP contribution in [-0.2, 0) is 11.4 Å². The van der Waals surface area contributed by atoms with Gasteiger partial charge in [0.15, 0.2) is 0 Å². The minimum absolute atomic E-state index is 0.185. The number of hydrogen-bond acceptors (Lipinski definition) is 3. The fourth-order valence-corrected chi connectivity index (χ4v) is 3.71. The first-order valence-electron chi connectivity index (χ1n) is 9.10. The van der Waals surface area contributed by atoms with Crippen molar-refractivity contribution >= 4 is 51.2 Å². The van der Waals surface area contributed by atoms with E-state index < -0.39 is 11.9 Å². The summed E-state index contributed by atoms with van der Waals surface area (Å²) in [5.74, 6) is 0.242. The van der Waals surface area contributed by atoms with Crippen LogP contribution in [0, 0.1) is 0 Å². The van der Waals surface area contributed by atoms with E-state index in [1.165, 1.54) is 0 Å². The minimum Gasteiger partial charge on any atom is -0.488 e. The quantitative estimate of drug-likeness (QED) is 0.370. The van der Waals surface area contributed by atoms with E-state index in [2.05, 4.69) is 21.2 Å². The lowest BCUT2D eigenvalue weighted by molar-refractivity contribution is -0.113. The SMILES string of the molecule is O=C1N/C(=C/c2ccc(OCc3ccccc3)c(Br)c2)C(=O)N1c1cccc(Cl)c1. The molecule has 0 unspecified atom stereocenters. The molecule has 3 aromatic carbocycles. The molecule has 1 aliphatic rings. The topological polar surface area (TPSA) is 58.6 Å². The standard InChI is InChI=1S/C23H16BrClN2O3/c24-19-11-16(9-10-21(19)30-14-15-5-2-1-3-6-15)12-20-22(28)27(23(29)26-20)18-8-4-7-17(25)13-18/h1-13H,14H2,(H,26,29)/b20-12+. The fraction of sp³-hybridized carbons (Fsp3) is 0.0435. The van der Waals surface area contributed by atoms with Gasteiger partial charge in [-0.2, -0.15) is 0 Å². The molecule has 0 radical (unpaired) electrons. The summed E-state index contributed by atoms with van der Waals surface area (Å²) < 4.78 is 6.59. The van der Waals surface area contributed by atoms with Gasteiger partial charge in [0.25, 0.3) is 5.91 Å². The summed E-state index contributed by atoms with van der Waals surface area (Å²) in [6.07, 6.45) is 1.62. The van der Waals surface area contributed by atoms with Crippen LogP contribution in [0.3, 0.4) is 0 Å². The van der Waals surface area contributed by atoms with E-state index in [-0.39, 0.29) is 5.70 Å². The highest BCUT2D eigenvalue weighted by Gasteiger charge is 2.34. The van der Waals surface area contributed by atoms with Crippen molar-refractivity contribution in [3.8, 4) is 5.75 Å². The first-order valence-corrected chi connectivity index (χ1v) is 10.3. The Hall–Kier alpha value is -3.09. The largest absolute Gasteiger partial charge is 0.488 e. The van der Waals surface area contributed by atoms with E-state index >= 15 is 0 Å². The Kier molecular flexibility index (Phi) is 5.88. The second-order valence-electron chi connectivity index (χ2n) is 6.57. The van der Waals surface area contributed by atoms with E-state index in [1.807, 2.05) is 48.5 Å². The lowest BCUT2D eigenvalue weighted by Gasteiger charge is -2.11. The van der Waals surface area contributed by atoms with Crippen molar-refractivity contribution in [3.05, 3.63) is 99.1 Å². The molecule has 3 aromatic rings. The Balaban J connectivity index is 1.51. The Morgan fingerprint density at radius 2 is 1.80 bits per heavy atom. The summed E-state index contributed by atoms with van der Waals surface area (Å²) in [7, 11) is 0. The van der Waals surface area contributed by atoms with Crippen molar-refractivity contribution in [1.82, 2.24) is 5.32 Å². The van der Waals surface area contributed by atoms with Gasteiger partial charge in [-0.3, -0.25) is 4.79 Å². The molecule has 1 saturated heterocycles. The summed E-state index contributed by atoms with van der Waals surface area (Å²) in [6, 6.07) is 21.4. The van der Waals surface area contributed by atoms with Crippen LogP contribution < -0.4 is 15.0 Å². The van der Waals surface area contributed by atoms with Gasteiger partial charge >= 0.3 is 6.03 Å². The number of imide groups is 1. The van der Waals surface area contributed by atoms with Crippen LogP contribution >= 0.6 is 27.5 Å². The van der Waals surface area contributed by atoms with Gasteiger partial charge in [0.2, 0.25) is 0 Å². The zero-order valence-corrected chi connectivity index (χ0v) is 18.0. The molecule has 7 heteroatoms. The third kappa shape index (κ3) is 4.40. The number of carbonyl (C=O) groups excluding carboxylic acids is 2. The van der Waals surface area contributed by atoms with Gasteiger partial charge in [0.05, 0.1) is 10.2 Å². The zero-order valence-electron chi connectivity index (χ0n) is 15.6. The molecule has 5 nitrogen and oxygen atoms in total. The molecule has 0 spiro atoms. The highest BCUT2D eigenvalue weighted by Crippen LogP contribution is 2.29. The Morgan fingerprint density at radius 1 is 1.00 bits per heavy atom. The molecule has 150 valence electrons. The molecular formula is C23H16BrClN2O3. The number of anilines is 1. The monoisotopic (exact) mass is 482 g/mol. The van der Waals surface area contributed by atoms with Crippen LogP contribution in [0.15, 0.2) is 83.0 Å². The van der Waals surface area contributed by atoms with E-state index in [0.717, 1.165) is 20.5 Å². The molecule has 1 aliphatic heterocycles. The smallest absolute Gasteiger partial charge is 0.333 e. The second-order valence-corrected chi connectivity index (χ2v) is 7.86. The highest BCUT2D eigenvalue weighted by molar-refractivity contribution is 9.10. The molecule has 30 heavy (non-hydrogen) atoms. The van der Waals surface area contributed by atoms with E-state index in [1.54, 1.807) is 30.3 Å². The molecule has 3 amide bonds. The fourth-order valence-electron chi connectivity index (χ4n) is 3.01. The lowest BCUT2D eigenvalue weighted by atomic mass is 10.1. The summed E-state index contributed by atoms with van der Waals surface area (Å²) in [5, 5.41) is 3.05. The molecule has 0 saturated carbocycles. The van der Waals surface area contributed by atoms with Crippen LogP contribution in [0.1, 0.15) is 11.1 Å². The van der Waals surface area contributed by atoms with Gasteiger partial charge in [-0.15, -0.1) is 0 Å². The number of amides is 3. The maximum atomic E-state index is 12.7. The Labute approximate surface area is 187 Å². The van der Waals surface area contributed by atoms with E-state index in [4.69, 9.17) is 16.3 Å². The number of halogens is 2. The van der Waals surface area contributed by atoms with Crippen molar-refractivity contribution in [2.75, 3.05) is 4.90 Å². The Bertz CT molecular complexity index is 1150. The number of hydrogen-bond donors (Lipinski definition) is 1. The summed E-state index contributed by atoms with van der Waals surface area (Å²) in [6.45, 7) is 0.447. The first-order chi connectivity index (χ1) is 14.5. The number of carbonyl (C=O) groups is 2. The number of nitrogens with zero attached hydrogens (tertiary/aromatic N) is 1. The number of rotatable bonds is 5. The summed E-state index contributed by atoms with van der Waals surface area (Å²) >= 11 is 9.48. The normalized spacial score (nSPS) is 14.9. The number of benzene rings is 3. The third-order valence-electron chi connectivity index (χ3n) is 4.45. The molecule has 0 aromatic heterocycles. The molecule has 0 atom stereocenters. The average Bonchev–Trinajstić information content (AvgIpc) is 3.01. The third-order valence-corrected chi connectivity index (χ3v) is 5.30. The van der Waals surface area contributed by atoms with Gasteiger partial charge in [0.1, 0.15) is 18.1 Å². The van der Waals surface area contributed by atoms with Crippen LogP contribution in [0.2, 0.25) is 5.02 Å². The van der Waals surface area contributed by atoms with Crippen LogP contribution in [0.25, 0.3) is 6.08 Å². The van der Waals surface area contributed by atoms with Gasteiger partial charge in [0, 0.05) is 5.02 Å². The first kappa shape index (κ1) is 20.2. The van der Waals surface area contributed by atoms with Crippen molar-refractivity contribution in [2.45, 2.75) is 6.61 Å². The van der Waals surface area contributed by atoms with E-state index in [9.17, 15) is 9.59 Å². The Morgan fingerprint density at radius 3 is 2.53 bits per heavy atom. The summed E-state index contributed by atoms with van der Waals surface area (Å²) in [5.41, 5.74) is 2.41. The lowest BCUT2D eigenvalue weighted by Crippen LogP contribution is -2.30. The van der Waals surface area contributed by atoms with Gasteiger partial charge < -0.3 is 10.1 Å². The second kappa shape index (κ2) is 8.73. The zero-order chi connectivity index (χ0) is 21.1. The molecule has 1 fully saturated rings. The predicted molar refractivity (Wildman–Crippen MR) is 120 cm³/mol. The maximum absolute atomic E-state index is 12.7. The predicted octanol–water partition coefficient (Wildman–Crippen LogP) is 5.78. The van der Waals surface area contributed by atoms with Gasteiger partial charge in [-0.25, -0.2) is 9.69 Å². The van der Waals surface area contributed by atoms with Crippen molar-refractivity contribution in [1.29, 1.82) is 0 Å². The van der Waals surface area contributed by atoms with Crippen LogP contribution in [0.5, 0.6) is 5.75 Å². The van der Waals surface area contributed by atoms with Crippen molar-refractivity contribution < 1.29 is 14.3 Å². The van der Waals surface area contributed by atoms with Gasteiger partial charge in [-0.05, 0) is 63.5 Å². The number of ether oxygens (including phenoxy) is 1. The van der Waals surface area contributed by atoms with Gasteiger partial charge in [-0.1, -0.05) is 54.1 Å². The molecular weight excluding hydrogens is 468 g/mol. The molecule has 0 aliphatic carbocycles. The number of nitrogens with one attached hydrogen (secondary N) is 1. The van der Waals surface area contributed by atoms with Crippen LogP contribution in [0.4, 0.5) is 10.5 Å². The molecule has 1 N–H and O–H groups in total. The van der Waals surface area contributed by atoms with Crippen LogP contribution in [-0.4, -0.2) is 11.9 Å². The molecule has 4 rings (SSSR count). The maximum Gasteiger partial charge on any atom is 0.333 e. The highest BCUT2D eigenvalue weighted by atomic mass is 79.9. The number of urea groups is 1. The molecule has 1 heterocycles. The van der Waals surface area contributed by atoms with Crippen molar-refractivity contribution in [2.24, 2.45) is 0 Å². The van der Waals surface area contributed by atoms with E-state index in [0.29, 0.717) is 23.1 Å². The van der Waals surface area contributed by atoms with Crippen molar-refractivity contribution in [3.63, 3.8) is 0 Å². The summed E-state index contributed by atoms with van der Waals surface area (Å²) in [4.78, 5) is 26.1. The average molecular weight is 484 g/mol. The molecule has 0 bridgehead atoms.